The van der Waals surface area contributed by atoms with Gasteiger partial charge in [-0.2, -0.15) is 0 Å². The zero-order chi connectivity index (χ0) is 27.5. The molecule has 0 saturated carbocycles. The zero-order valence-electron chi connectivity index (χ0n) is 21.1. The van der Waals surface area contributed by atoms with Crippen LogP contribution in [0.1, 0.15) is 76.8 Å². The second-order valence-corrected chi connectivity index (χ2v) is 9.33. The number of allylic oxidation sites excluding steroid dienone is 2. The molecule has 3 rings (SSSR count). The molecule has 2 aromatic rings. The van der Waals surface area contributed by atoms with Gasteiger partial charge in [-0.1, -0.05) is 54.6 Å². The molecule has 0 saturated heterocycles. The number of fused-ring (bicyclic) bond motifs is 1. The predicted molar refractivity (Wildman–Crippen MR) is 140 cm³/mol. The number of aryl methyl sites for hydroxylation is 1. The van der Waals surface area contributed by atoms with Crippen LogP contribution in [0.5, 0.6) is 0 Å². The normalized spacial score (nSPS) is 16.7. The van der Waals surface area contributed by atoms with E-state index in [1.54, 1.807) is 48.6 Å². The Kier molecular flexibility index (Phi) is 10.4. The van der Waals surface area contributed by atoms with Crippen molar-refractivity contribution in [3.05, 3.63) is 82.9 Å². The molecule has 0 aliphatic heterocycles. The summed E-state index contributed by atoms with van der Waals surface area (Å²) in [4.78, 5) is 74.2. The van der Waals surface area contributed by atoms with Crippen molar-refractivity contribution >= 4 is 35.0 Å². The van der Waals surface area contributed by atoms with Gasteiger partial charge in [-0.15, -0.1) is 0 Å². The van der Waals surface area contributed by atoms with Gasteiger partial charge in [0, 0.05) is 62.5 Å². The number of carboxylic acid groups (broad SMARTS) is 1. The van der Waals surface area contributed by atoms with E-state index in [-0.39, 0.29) is 92.0 Å². The topological polar surface area (TPSA) is 135 Å². The highest BCUT2D eigenvalue weighted by atomic mass is 16.4. The molecule has 1 amide bonds. The second-order valence-electron chi connectivity index (χ2n) is 9.33. The standard InChI is InChI=1S/C30H31NO7/c32-22-8-4-5-9-23(33)13-16-28(35)25-18-21(10-14-24(25)27(34)15-12-22)11-17-29(36)31-26(30(37)38)19-20-6-2-1-3-7-20/h1-7,10,14,18,26H,8-9,11-13,15-17,19H2,(H,31,36)(H,37,38)/b5-4-. The van der Waals surface area contributed by atoms with Crippen LogP contribution in [0.4, 0.5) is 0 Å². The van der Waals surface area contributed by atoms with Gasteiger partial charge in [0.1, 0.15) is 17.6 Å². The van der Waals surface area contributed by atoms with Crippen molar-refractivity contribution in [3.8, 4) is 0 Å². The molecule has 0 heterocycles. The van der Waals surface area contributed by atoms with Crippen LogP contribution >= 0.6 is 0 Å². The summed E-state index contributed by atoms with van der Waals surface area (Å²) in [6.07, 6.45) is 3.88. The van der Waals surface area contributed by atoms with E-state index in [0.29, 0.717) is 5.56 Å². The van der Waals surface area contributed by atoms with Gasteiger partial charge in [-0.05, 0) is 23.6 Å². The maximum absolute atomic E-state index is 13.0. The first-order chi connectivity index (χ1) is 18.2. The number of carbonyl (C=O) groups excluding carboxylic acids is 5. The van der Waals surface area contributed by atoms with E-state index in [4.69, 9.17) is 0 Å². The van der Waals surface area contributed by atoms with Gasteiger partial charge in [0.25, 0.3) is 0 Å². The van der Waals surface area contributed by atoms with Crippen molar-refractivity contribution in [2.24, 2.45) is 0 Å². The van der Waals surface area contributed by atoms with Crippen molar-refractivity contribution < 1.29 is 33.9 Å². The highest BCUT2D eigenvalue weighted by Crippen LogP contribution is 2.20. The Labute approximate surface area is 221 Å². The molecule has 8 heteroatoms. The minimum absolute atomic E-state index is 0.0151. The van der Waals surface area contributed by atoms with E-state index in [1.807, 2.05) is 6.07 Å². The Morgan fingerprint density at radius 2 is 1.37 bits per heavy atom. The number of carboxylic acids is 1. The van der Waals surface area contributed by atoms with Gasteiger partial charge in [-0.3, -0.25) is 24.0 Å². The fraction of sp³-hybridized carbons (Fsp3) is 0.333. The molecule has 1 unspecified atom stereocenters. The van der Waals surface area contributed by atoms with Crippen LogP contribution in [0.25, 0.3) is 0 Å². The van der Waals surface area contributed by atoms with Gasteiger partial charge in [0.05, 0.1) is 0 Å². The molecule has 0 fully saturated rings. The molecule has 0 bridgehead atoms. The lowest BCUT2D eigenvalue weighted by molar-refractivity contribution is -0.141. The molecule has 2 aromatic carbocycles. The number of hydrogen-bond acceptors (Lipinski definition) is 6. The first kappa shape index (κ1) is 28.4. The Balaban J connectivity index is 1.71. The van der Waals surface area contributed by atoms with Gasteiger partial charge < -0.3 is 10.4 Å². The number of amides is 1. The number of Topliss-reactive ketones (excluding diaryl/α,β-unsaturated/α-hetero) is 4. The van der Waals surface area contributed by atoms with E-state index >= 15 is 0 Å². The number of hydrogen-bond donors (Lipinski definition) is 2. The fourth-order valence-corrected chi connectivity index (χ4v) is 4.20. The van der Waals surface area contributed by atoms with Crippen LogP contribution in [0.2, 0.25) is 0 Å². The third-order valence-electron chi connectivity index (χ3n) is 6.36. The third kappa shape index (κ3) is 8.73. The maximum Gasteiger partial charge on any atom is 0.326 e. The summed E-state index contributed by atoms with van der Waals surface area (Å²) < 4.78 is 0. The summed E-state index contributed by atoms with van der Waals surface area (Å²) in [7, 11) is 0. The molecule has 0 aromatic heterocycles. The zero-order valence-corrected chi connectivity index (χ0v) is 21.1. The minimum Gasteiger partial charge on any atom is -0.480 e. The molecule has 8 nitrogen and oxygen atoms in total. The van der Waals surface area contributed by atoms with Crippen LogP contribution in [-0.2, 0) is 32.0 Å². The number of nitrogens with one attached hydrogen (secondary N) is 1. The lowest BCUT2D eigenvalue weighted by Crippen LogP contribution is -2.42. The first-order valence-corrected chi connectivity index (χ1v) is 12.7. The first-order valence-electron chi connectivity index (χ1n) is 12.7. The van der Waals surface area contributed by atoms with Crippen molar-refractivity contribution in [2.45, 2.75) is 63.8 Å². The van der Waals surface area contributed by atoms with Crippen molar-refractivity contribution in [2.75, 3.05) is 0 Å². The van der Waals surface area contributed by atoms with Crippen molar-refractivity contribution in [3.63, 3.8) is 0 Å². The smallest absolute Gasteiger partial charge is 0.326 e. The van der Waals surface area contributed by atoms with E-state index in [2.05, 4.69) is 5.32 Å². The molecule has 2 N–H and O–H groups in total. The largest absolute Gasteiger partial charge is 0.480 e. The monoisotopic (exact) mass is 517 g/mol. The second kappa shape index (κ2) is 13.9. The summed E-state index contributed by atoms with van der Waals surface area (Å²) in [5.41, 5.74) is 1.78. The summed E-state index contributed by atoms with van der Waals surface area (Å²) in [6.45, 7) is 0. The molecular weight excluding hydrogens is 486 g/mol. The maximum atomic E-state index is 13.0. The molecular formula is C30H31NO7. The quantitative estimate of drug-likeness (QED) is 0.533. The predicted octanol–water partition coefficient (Wildman–Crippen LogP) is 3.85. The summed E-state index contributed by atoms with van der Waals surface area (Å²) in [5.74, 6) is -2.53. The van der Waals surface area contributed by atoms with E-state index < -0.39 is 17.9 Å². The van der Waals surface area contributed by atoms with Crippen molar-refractivity contribution in [1.82, 2.24) is 5.32 Å². The summed E-state index contributed by atoms with van der Waals surface area (Å²) in [6, 6.07) is 12.6. The molecule has 1 aliphatic rings. The Morgan fingerprint density at radius 3 is 1.97 bits per heavy atom. The number of rotatable bonds is 7. The number of carbonyl (C=O) groups is 6. The van der Waals surface area contributed by atoms with Gasteiger partial charge in [-0.25, -0.2) is 4.79 Å². The summed E-state index contributed by atoms with van der Waals surface area (Å²) >= 11 is 0. The van der Waals surface area contributed by atoms with Crippen LogP contribution in [0.3, 0.4) is 0 Å². The number of benzene rings is 2. The molecule has 0 radical (unpaired) electrons. The molecule has 1 aliphatic carbocycles. The van der Waals surface area contributed by atoms with E-state index in [0.717, 1.165) is 5.56 Å². The number of ketones is 4. The number of aliphatic carboxylic acids is 1. The highest BCUT2D eigenvalue weighted by Gasteiger charge is 2.22. The Bertz CT molecular complexity index is 1250. The molecule has 0 spiro atoms. The average Bonchev–Trinajstić information content (AvgIpc) is 2.91. The highest BCUT2D eigenvalue weighted by molar-refractivity contribution is 6.10. The molecule has 38 heavy (non-hydrogen) atoms. The third-order valence-corrected chi connectivity index (χ3v) is 6.36. The lowest BCUT2D eigenvalue weighted by Gasteiger charge is -2.15. The molecule has 1 atom stereocenters. The van der Waals surface area contributed by atoms with E-state index in [9.17, 15) is 33.9 Å². The SMILES string of the molecule is O=C1C/C=C\CC(=O)CCC(=O)c2cc(CCC(=O)NC(Cc3ccccc3)C(=O)O)ccc2C(=O)CC1. The minimum atomic E-state index is -1.14. The summed E-state index contributed by atoms with van der Waals surface area (Å²) in [5, 5.41) is 12.1. The average molecular weight is 518 g/mol. The Hall–Kier alpha value is -4.20. The Morgan fingerprint density at radius 1 is 0.763 bits per heavy atom. The van der Waals surface area contributed by atoms with E-state index in [1.165, 1.54) is 6.07 Å². The lowest BCUT2D eigenvalue weighted by atomic mass is 9.91. The van der Waals surface area contributed by atoms with Crippen LogP contribution in [-0.4, -0.2) is 46.2 Å². The van der Waals surface area contributed by atoms with Gasteiger partial charge in [0.2, 0.25) is 5.91 Å². The van der Waals surface area contributed by atoms with Crippen LogP contribution in [0.15, 0.2) is 60.7 Å². The van der Waals surface area contributed by atoms with Crippen LogP contribution in [0, 0.1) is 0 Å². The van der Waals surface area contributed by atoms with Crippen LogP contribution < -0.4 is 5.32 Å². The molecule has 198 valence electrons. The van der Waals surface area contributed by atoms with Gasteiger partial charge >= 0.3 is 5.97 Å². The van der Waals surface area contributed by atoms with Gasteiger partial charge in [0.15, 0.2) is 11.6 Å². The fourth-order valence-electron chi connectivity index (χ4n) is 4.20. The van der Waals surface area contributed by atoms with Crippen molar-refractivity contribution in [1.29, 1.82) is 0 Å².